The Balaban J connectivity index is 1.36. The van der Waals surface area contributed by atoms with Crippen LogP contribution in [0.15, 0.2) is 59.6 Å². The van der Waals surface area contributed by atoms with Crippen molar-refractivity contribution in [1.82, 2.24) is 15.2 Å². The summed E-state index contributed by atoms with van der Waals surface area (Å²) in [4.78, 5) is 19.4. The number of para-hydroxylation sites is 1. The lowest BCUT2D eigenvalue weighted by molar-refractivity contribution is -0.497. The average molecular weight is 529 g/mol. The van der Waals surface area contributed by atoms with Crippen LogP contribution >= 0.6 is 12.2 Å². The number of methoxy groups -OCH3 is 1. The second kappa shape index (κ2) is 11.9. The Hall–Kier alpha value is -3.90. The molecule has 1 aliphatic rings. The van der Waals surface area contributed by atoms with Crippen LogP contribution < -0.4 is 15.5 Å². The number of halogens is 2. The van der Waals surface area contributed by atoms with E-state index >= 15 is 0 Å². The monoisotopic (exact) mass is 528 g/mol. The van der Waals surface area contributed by atoms with Crippen molar-refractivity contribution in [2.45, 2.75) is 6.42 Å². The number of fused-ring (bicyclic) bond motifs is 1. The van der Waals surface area contributed by atoms with Gasteiger partial charge in [-0.25, -0.2) is 14.3 Å². The van der Waals surface area contributed by atoms with E-state index in [1.807, 2.05) is 30.5 Å². The number of nitrogens with one attached hydrogen (secondary N) is 3. The lowest BCUT2D eigenvalue weighted by Gasteiger charge is -2.36. The lowest BCUT2D eigenvalue weighted by atomic mass is 10.1. The van der Waals surface area contributed by atoms with Gasteiger partial charge in [0.1, 0.15) is 23.3 Å². The molecular weight excluding hydrogens is 500 g/mol. The Labute approximate surface area is 218 Å². The number of quaternary nitrogens is 1. The van der Waals surface area contributed by atoms with Gasteiger partial charge in [-0.1, -0.05) is 18.2 Å². The molecule has 37 heavy (non-hydrogen) atoms. The third-order valence-electron chi connectivity index (χ3n) is 6.22. The maximum atomic E-state index is 14.9. The molecule has 0 bridgehead atoms. The SMILES string of the molecule is COC(=S)NC/C(=C/[NH2+]c1cc(F)c(N2CCN(C(=O)Cc3c[nH]c4ccccc34)CC2)c(F)c1)N=N. The van der Waals surface area contributed by atoms with Crippen LogP contribution in [0.25, 0.3) is 10.9 Å². The Kier molecular flexibility index (Phi) is 8.41. The Morgan fingerprint density at radius 3 is 2.62 bits per heavy atom. The molecule has 9 nitrogen and oxygen atoms in total. The van der Waals surface area contributed by atoms with Gasteiger partial charge in [0.05, 0.1) is 20.1 Å². The van der Waals surface area contributed by atoms with Gasteiger partial charge in [-0.15, -0.1) is 0 Å². The quantitative estimate of drug-likeness (QED) is 0.204. The van der Waals surface area contributed by atoms with Crippen molar-refractivity contribution in [1.29, 1.82) is 5.53 Å². The molecule has 5 N–H and O–H groups in total. The molecule has 2 heterocycles. The number of rotatable bonds is 8. The summed E-state index contributed by atoms with van der Waals surface area (Å²) in [6, 6.07) is 10.3. The first-order valence-corrected chi connectivity index (χ1v) is 12.1. The molecule has 0 unspecified atom stereocenters. The Morgan fingerprint density at radius 2 is 1.95 bits per heavy atom. The number of ether oxygens (including phenoxy) is 1. The molecule has 0 saturated carbocycles. The number of nitrogens with zero attached hydrogens (tertiary/aromatic N) is 3. The number of H-pyrrole nitrogens is 1. The molecule has 0 radical (unpaired) electrons. The van der Waals surface area contributed by atoms with Gasteiger partial charge in [0.2, 0.25) is 5.91 Å². The number of aromatic amines is 1. The van der Waals surface area contributed by atoms with Crippen molar-refractivity contribution in [3.63, 3.8) is 0 Å². The summed E-state index contributed by atoms with van der Waals surface area (Å²) in [5.41, 5.74) is 9.64. The third kappa shape index (κ3) is 6.27. The summed E-state index contributed by atoms with van der Waals surface area (Å²) < 4.78 is 34.7. The molecule has 1 fully saturated rings. The summed E-state index contributed by atoms with van der Waals surface area (Å²) in [5, 5.41) is 8.77. The fraction of sp³-hybridized carbons (Fsp3) is 0.280. The average Bonchev–Trinajstić information content (AvgIpc) is 3.31. The van der Waals surface area contributed by atoms with Crippen molar-refractivity contribution in [2.24, 2.45) is 5.11 Å². The van der Waals surface area contributed by atoms with E-state index in [2.05, 4.69) is 15.4 Å². The highest BCUT2D eigenvalue weighted by molar-refractivity contribution is 7.80. The number of amides is 1. The molecule has 1 aromatic heterocycles. The molecule has 0 spiro atoms. The van der Waals surface area contributed by atoms with Gasteiger partial charge >= 0.3 is 0 Å². The molecule has 4 rings (SSSR count). The number of nitrogens with two attached hydrogens (primary N) is 1. The summed E-state index contributed by atoms with van der Waals surface area (Å²) in [5.74, 6) is -1.40. The minimum atomic E-state index is -0.693. The maximum Gasteiger partial charge on any atom is 0.256 e. The van der Waals surface area contributed by atoms with Crippen LogP contribution in [0.5, 0.6) is 0 Å². The van der Waals surface area contributed by atoms with Crippen molar-refractivity contribution in [3.8, 4) is 0 Å². The van der Waals surface area contributed by atoms with Gasteiger partial charge in [-0.3, -0.25) is 10.1 Å². The number of aromatic nitrogens is 1. The van der Waals surface area contributed by atoms with E-state index in [4.69, 9.17) is 22.5 Å². The predicted octanol–water partition coefficient (Wildman–Crippen LogP) is 2.93. The number of hydrogen-bond donors (Lipinski definition) is 4. The van der Waals surface area contributed by atoms with Crippen LogP contribution in [0, 0.1) is 17.2 Å². The number of thiocarbonyl (C=S) groups is 1. The Morgan fingerprint density at radius 1 is 1.24 bits per heavy atom. The van der Waals surface area contributed by atoms with Gasteiger partial charge in [-0.2, -0.15) is 5.11 Å². The first kappa shape index (κ1) is 26.2. The van der Waals surface area contributed by atoms with Crippen molar-refractivity contribution in [3.05, 3.63) is 71.7 Å². The van der Waals surface area contributed by atoms with Crippen LogP contribution in [0.4, 0.5) is 20.2 Å². The highest BCUT2D eigenvalue weighted by Gasteiger charge is 2.26. The van der Waals surface area contributed by atoms with Gasteiger partial charge in [0.25, 0.3) is 5.17 Å². The van der Waals surface area contributed by atoms with E-state index in [0.29, 0.717) is 37.6 Å². The first-order chi connectivity index (χ1) is 17.9. The van der Waals surface area contributed by atoms with E-state index in [-0.39, 0.29) is 29.7 Å². The number of carbonyl (C=O) groups excluding carboxylic acids is 1. The number of benzene rings is 2. The number of hydrogen-bond acceptors (Lipinski definition) is 6. The van der Waals surface area contributed by atoms with Gasteiger partial charge in [0, 0.05) is 55.4 Å². The molecule has 0 aliphatic carbocycles. The standard InChI is InChI=1S/C25H27F2N7O2S/c1-36-25(37)31-15-18(32-28)14-29-17-11-20(26)24(21(27)12-17)34-8-6-33(7-9-34)23(35)10-16-13-30-22-5-3-2-4-19(16)22/h2-5,11-14,28-30H,6-10,15H2,1H3,(H,31,37)/p+1/b18-14-,32-28?. The lowest BCUT2D eigenvalue weighted by Crippen LogP contribution is -2.71. The molecule has 2 aromatic carbocycles. The molecule has 3 aromatic rings. The molecule has 1 amide bonds. The number of carbonyl (C=O) groups is 1. The second-order valence-corrected chi connectivity index (χ2v) is 8.89. The van der Waals surface area contributed by atoms with Gasteiger partial charge in [0.15, 0.2) is 11.6 Å². The summed E-state index contributed by atoms with van der Waals surface area (Å²) in [6.07, 6.45) is 3.60. The fourth-order valence-electron chi connectivity index (χ4n) is 4.28. The highest BCUT2D eigenvalue weighted by atomic mass is 32.1. The maximum absolute atomic E-state index is 14.9. The van der Waals surface area contributed by atoms with Crippen LogP contribution in [0.3, 0.4) is 0 Å². The zero-order chi connectivity index (χ0) is 26.4. The van der Waals surface area contributed by atoms with E-state index < -0.39 is 11.6 Å². The van der Waals surface area contributed by atoms with E-state index in [9.17, 15) is 13.6 Å². The summed E-state index contributed by atoms with van der Waals surface area (Å²) in [7, 11) is 1.42. The normalized spacial score (nSPS) is 14.1. The van der Waals surface area contributed by atoms with Crippen molar-refractivity contribution < 1.29 is 23.6 Å². The predicted molar refractivity (Wildman–Crippen MR) is 140 cm³/mol. The molecule has 12 heteroatoms. The minimum Gasteiger partial charge on any atom is -0.474 e. The second-order valence-electron chi connectivity index (χ2n) is 8.52. The molecule has 1 aliphatic heterocycles. The summed E-state index contributed by atoms with van der Waals surface area (Å²) in [6.45, 7) is 1.54. The van der Waals surface area contributed by atoms with Gasteiger partial charge in [-0.05, 0) is 23.8 Å². The van der Waals surface area contributed by atoms with Crippen LogP contribution in [0.2, 0.25) is 0 Å². The highest BCUT2D eigenvalue weighted by Crippen LogP contribution is 2.27. The summed E-state index contributed by atoms with van der Waals surface area (Å²) >= 11 is 4.87. The van der Waals surface area contributed by atoms with E-state index in [0.717, 1.165) is 16.5 Å². The topological polar surface area (TPSA) is 113 Å². The molecule has 1 saturated heterocycles. The largest absolute Gasteiger partial charge is 0.474 e. The first-order valence-electron chi connectivity index (χ1n) is 11.7. The van der Waals surface area contributed by atoms with Gasteiger partial charge < -0.3 is 24.8 Å². The molecule has 0 atom stereocenters. The van der Waals surface area contributed by atoms with E-state index in [1.54, 1.807) is 9.80 Å². The number of piperazine rings is 1. The Bertz CT molecular complexity index is 1310. The third-order valence-corrected chi connectivity index (χ3v) is 6.53. The van der Waals surface area contributed by atoms with Crippen LogP contribution in [0.1, 0.15) is 5.56 Å². The zero-order valence-electron chi connectivity index (χ0n) is 20.3. The molecule has 194 valence electrons. The minimum absolute atomic E-state index is 0.0153. The fourth-order valence-corrected chi connectivity index (χ4v) is 4.35. The number of anilines is 1. The van der Waals surface area contributed by atoms with Crippen LogP contribution in [-0.2, 0) is 16.0 Å². The van der Waals surface area contributed by atoms with Crippen LogP contribution in [-0.4, -0.2) is 60.8 Å². The smallest absolute Gasteiger partial charge is 0.256 e. The molecular formula is C25H28F2N7O2S+. The zero-order valence-corrected chi connectivity index (χ0v) is 21.1. The van der Waals surface area contributed by atoms with Crippen molar-refractivity contribution >= 4 is 45.6 Å². The van der Waals surface area contributed by atoms with Crippen molar-refractivity contribution in [2.75, 3.05) is 44.7 Å². The van der Waals surface area contributed by atoms with E-state index in [1.165, 1.54) is 30.8 Å².